The first-order valence-corrected chi connectivity index (χ1v) is 7.41. The number of rotatable bonds is 6. The van der Waals surface area contributed by atoms with E-state index in [4.69, 9.17) is 19.4 Å². The molecule has 0 aliphatic heterocycles. The topological polar surface area (TPSA) is 58.9 Å². The molecular weight excluding hydrogens is 176 g/mol. The highest BCUT2D eigenvalue weighted by atomic mass is 28.4. The van der Waals surface area contributed by atoms with Crippen LogP contribution in [0, 0.1) is 0 Å². The van der Waals surface area contributed by atoms with Crippen molar-refractivity contribution in [3.8, 4) is 0 Å². The number of aliphatic hydroxyl groups excluding tert-OH is 2. The van der Waals surface area contributed by atoms with Crippen LogP contribution >= 0.6 is 0 Å². The number of aliphatic hydroxyl groups is 2. The molecule has 0 bridgehead atoms. The Morgan fingerprint density at radius 1 is 1.25 bits per heavy atom. The third-order valence-electron chi connectivity index (χ3n) is 1.08. The average molecular weight is 194 g/mol. The molecule has 12 heavy (non-hydrogen) atoms. The Morgan fingerprint density at radius 2 is 1.83 bits per heavy atom. The predicted octanol–water partition coefficient (Wildman–Crippen LogP) is 0.165. The third kappa shape index (κ3) is 8.16. The van der Waals surface area contributed by atoms with Gasteiger partial charge < -0.3 is 19.4 Å². The molecule has 0 spiro atoms. The van der Waals surface area contributed by atoms with Gasteiger partial charge in [0.25, 0.3) is 0 Å². The van der Waals surface area contributed by atoms with Crippen LogP contribution in [0.15, 0.2) is 0 Å². The summed E-state index contributed by atoms with van der Waals surface area (Å²) >= 11 is 0. The molecule has 1 unspecified atom stereocenters. The van der Waals surface area contributed by atoms with Crippen molar-refractivity contribution in [2.24, 2.45) is 0 Å². The van der Waals surface area contributed by atoms with Crippen LogP contribution in [0.4, 0.5) is 0 Å². The molecule has 4 nitrogen and oxygen atoms in total. The number of hydrogen-bond acceptors (Lipinski definition) is 4. The van der Waals surface area contributed by atoms with E-state index < -0.39 is 14.6 Å². The van der Waals surface area contributed by atoms with Crippen LogP contribution in [0.1, 0.15) is 0 Å². The summed E-state index contributed by atoms with van der Waals surface area (Å²) in [7, 11) is -1.46. The molecular formula is C7H18O4Si. The maximum Gasteiger partial charge on any atom is 0.183 e. The van der Waals surface area contributed by atoms with Crippen molar-refractivity contribution in [2.75, 3.05) is 19.8 Å². The van der Waals surface area contributed by atoms with Crippen molar-refractivity contribution in [2.45, 2.75) is 25.9 Å². The molecule has 0 aromatic rings. The van der Waals surface area contributed by atoms with Crippen molar-refractivity contribution >= 4 is 8.32 Å². The first kappa shape index (κ1) is 12.1. The second kappa shape index (κ2) is 5.66. The Morgan fingerprint density at radius 3 is 2.25 bits per heavy atom. The molecule has 0 saturated carbocycles. The van der Waals surface area contributed by atoms with Crippen molar-refractivity contribution in [3.05, 3.63) is 0 Å². The molecule has 1 atom stereocenters. The fourth-order valence-corrected chi connectivity index (χ4v) is 1.28. The van der Waals surface area contributed by atoms with Crippen LogP contribution < -0.4 is 0 Å². The molecule has 5 heteroatoms. The van der Waals surface area contributed by atoms with E-state index in [0.717, 1.165) is 0 Å². The minimum atomic E-state index is -1.46. The van der Waals surface area contributed by atoms with Gasteiger partial charge in [-0.2, -0.15) is 0 Å². The molecule has 0 aromatic heterocycles. The van der Waals surface area contributed by atoms with E-state index in [0.29, 0.717) is 13.2 Å². The largest absolute Gasteiger partial charge is 0.415 e. The first-order chi connectivity index (χ1) is 5.45. The normalized spacial score (nSPS) is 14.8. The lowest BCUT2D eigenvalue weighted by Crippen LogP contribution is -2.28. The fourth-order valence-electron chi connectivity index (χ4n) is 0.585. The van der Waals surface area contributed by atoms with Crippen molar-refractivity contribution in [3.63, 3.8) is 0 Å². The smallest absolute Gasteiger partial charge is 0.183 e. The summed E-state index contributed by atoms with van der Waals surface area (Å²) in [6.45, 7) is 6.67. The van der Waals surface area contributed by atoms with Crippen LogP contribution in [0.2, 0.25) is 19.6 Å². The summed E-state index contributed by atoms with van der Waals surface area (Å²) in [5, 5.41) is 17.2. The summed E-state index contributed by atoms with van der Waals surface area (Å²) in [5.74, 6) is 0. The maximum absolute atomic E-state index is 8.77. The second-order valence-corrected chi connectivity index (χ2v) is 7.98. The maximum atomic E-state index is 8.77. The highest BCUT2D eigenvalue weighted by molar-refractivity contribution is 6.69. The molecule has 2 N–H and O–H groups in total. The average Bonchev–Trinajstić information content (AvgIpc) is 1.96. The zero-order chi connectivity index (χ0) is 9.61. The minimum Gasteiger partial charge on any atom is -0.415 e. The van der Waals surface area contributed by atoms with Gasteiger partial charge in [0.15, 0.2) is 14.6 Å². The van der Waals surface area contributed by atoms with Crippen LogP contribution in [0.25, 0.3) is 0 Å². The lowest BCUT2D eigenvalue weighted by atomic mass is 10.7. The number of hydrogen-bond donors (Lipinski definition) is 2. The van der Waals surface area contributed by atoms with Gasteiger partial charge in [-0.05, 0) is 19.6 Å². The molecule has 0 saturated heterocycles. The van der Waals surface area contributed by atoms with Crippen LogP contribution in [-0.4, -0.2) is 44.6 Å². The molecule has 0 aliphatic rings. The van der Waals surface area contributed by atoms with E-state index in [1.54, 1.807) is 0 Å². The Hall–Kier alpha value is 0.0569. The van der Waals surface area contributed by atoms with Gasteiger partial charge in [-0.15, -0.1) is 0 Å². The number of ether oxygens (including phenoxy) is 1. The van der Waals surface area contributed by atoms with Crippen LogP contribution in [0.3, 0.4) is 0 Å². The van der Waals surface area contributed by atoms with Crippen molar-refractivity contribution < 1.29 is 19.4 Å². The zero-order valence-electron chi connectivity index (χ0n) is 7.91. The standard InChI is InChI=1S/C7H18O4Si/c1-12(2,3)11-5-4-10-7(9)6-8/h7-9H,4-6H2,1-3H3. The molecule has 0 fully saturated rings. The Bertz CT molecular complexity index is 112. The van der Waals surface area contributed by atoms with Gasteiger partial charge in [0.05, 0.1) is 19.8 Å². The van der Waals surface area contributed by atoms with Gasteiger partial charge in [0.2, 0.25) is 0 Å². The molecule has 0 aliphatic carbocycles. The van der Waals surface area contributed by atoms with Gasteiger partial charge in [-0.1, -0.05) is 0 Å². The van der Waals surface area contributed by atoms with Crippen LogP contribution in [0.5, 0.6) is 0 Å². The molecule has 0 amide bonds. The van der Waals surface area contributed by atoms with E-state index in [1.807, 2.05) is 0 Å². The van der Waals surface area contributed by atoms with Crippen molar-refractivity contribution in [1.29, 1.82) is 0 Å². The monoisotopic (exact) mass is 194 g/mol. The van der Waals surface area contributed by atoms with E-state index in [9.17, 15) is 0 Å². The van der Waals surface area contributed by atoms with E-state index in [2.05, 4.69) is 19.6 Å². The van der Waals surface area contributed by atoms with Gasteiger partial charge in [0, 0.05) is 0 Å². The van der Waals surface area contributed by atoms with E-state index in [1.165, 1.54) is 0 Å². The summed E-state index contributed by atoms with van der Waals surface area (Å²) in [6, 6.07) is 0. The Labute approximate surface area is 74.2 Å². The molecule has 74 valence electrons. The lowest BCUT2D eigenvalue weighted by molar-refractivity contribution is -0.129. The minimum absolute atomic E-state index is 0.325. The van der Waals surface area contributed by atoms with Gasteiger partial charge >= 0.3 is 0 Å². The van der Waals surface area contributed by atoms with Gasteiger partial charge in [-0.3, -0.25) is 0 Å². The molecule has 0 radical (unpaired) electrons. The highest BCUT2D eigenvalue weighted by Crippen LogP contribution is 2.01. The molecule has 0 aromatic carbocycles. The summed E-state index contributed by atoms with van der Waals surface area (Å²) < 4.78 is 10.2. The summed E-state index contributed by atoms with van der Waals surface area (Å²) in [5.41, 5.74) is 0. The fraction of sp³-hybridized carbons (Fsp3) is 1.00. The highest BCUT2D eigenvalue weighted by Gasteiger charge is 2.13. The quantitative estimate of drug-likeness (QED) is 0.359. The lowest BCUT2D eigenvalue weighted by Gasteiger charge is -2.17. The van der Waals surface area contributed by atoms with E-state index in [-0.39, 0.29) is 6.61 Å². The zero-order valence-corrected chi connectivity index (χ0v) is 8.91. The second-order valence-electron chi connectivity index (χ2n) is 3.47. The Balaban J connectivity index is 3.22. The SMILES string of the molecule is C[Si](C)(C)OCCOC(O)CO. The van der Waals surface area contributed by atoms with Gasteiger partial charge in [-0.25, -0.2) is 0 Å². The summed E-state index contributed by atoms with van der Waals surface area (Å²) in [4.78, 5) is 0. The summed E-state index contributed by atoms with van der Waals surface area (Å²) in [6.07, 6.45) is -1.07. The van der Waals surface area contributed by atoms with Crippen molar-refractivity contribution in [1.82, 2.24) is 0 Å². The Kier molecular flexibility index (Phi) is 5.69. The van der Waals surface area contributed by atoms with Gasteiger partial charge in [0.1, 0.15) is 0 Å². The van der Waals surface area contributed by atoms with Crippen LogP contribution in [-0.2, 0) is 9.16 Å². The predicted molar refractivity (Wildman–Crippen MR) is 48.3 cm³/mol. The first-order valence-electron chi connectivity index (χ1n) is 4.00. The van der Waals surface area contributed by atoms with E-state index >= 15 is 0 Å². The molecule has 0 rings (SSSR count). The molecule has 0 heterocycles. The third-order valence-corrected chi connectivity index (χ3v) is 2.15.